The fourth-order valence-corrected chi connectivity index (χ4v) is 2.37. The van der Waals surface area contributed by atoms with Gasteiger partial charge in [0.15, 0.2) is 0 Å². The standard InChI is InChI=1S/C16H25NO3/c1-12-3-5-16(6-4-12)20-11-15(18)10-17-14-7-8-19-13(2)9-14/h3-6,13-15,17-18H,7-11H2,1-2H3. The Hall–Kier alpha value is -1.10. The molecule has 0 amide bonds. The minimum absolute atomic E-state index is 0.308. The summed E-state index contributed by atoms with van der Waals surface area (Å²) in [7, 11) is 0. The van der Waals surface area contributed by atoms with Gasteiger partial charge in [-0.05, 0) is 38.8 Å². The summed E-state index contributed by atoms with van der Waals surface area (Å²) in [6.07, 6.45) is 1.83. The van der Waals surface area contributed by atoms with Gasteiger partial charge in [0.1, 0.15) is 18.5 Å². The molecule has 3 atom stereocenters. The average Bonchev–Trinajstić information content (AvgIpc) is 2.45. The molecule has 1 aromatic rings. The Labute approximate surface area is 121 Å². The number of hydrogen-bond donors (Lipinski definition) is 2. The molecule has 1 aliphatic rings. The van der Waals surface area contributed by atoms with Gasteiger partial charge in [-0.25, -0.2) is 0 Å². The predicted octanol–water partition coefficient (Wildman–Crippen LogP) is 1.89. The quantitative estimate of drug-likeness (QED) is 0.835. The van der Waals surface area contributed by atoms with Crippen LogP contribution >= 0.6 is 0 Å². The van der Waals surface area contributed by atoms with Gasteiger partial charge >= 0.3 is 0 Å². The third-order valence-corrected chi connectivity index (χ3v) is 3.59. The molecule has 1 aliphatic heterocycles. The Morgan fingerprint density at radius 3 is 2.85 bits per heavy atom. The molecule has 112 valence electrons. The van der Waals surface area contributed by atoms with Gasteiger partial charge in [0, 0.05) is 19.2 Å². The number of hydrogen-bond acceptors (Lipinski definition) is 4. The first-order valence-corrected chi connectivity index (χ1v) is 7.36. The van der Waals surface area contributed by atoms with Crippen LogP contribution in [-0.2, 0) is 4.74 Å². The van der Waals surface area contributed by atoms with Gasteiger partial charge in [0.25, 0.3) is 0 Å². The van der Waals surface area contributed by atoms with E-state index in [1.165, 1.54) is 5.56 Å². The molecule has 4 heteroatoms. The van der Waals surface area contributed by atoms with Crippen LogP contribution in [0.5, 0.6) is 5.75 Å². The summed E-state index contributed by atoms with van der Waals surface area (Å²) >= 11 is 0. The van der Waals surface area contributed by atoms with Crippen LogP contribution in [0, 0.1) is 6.92 Å². The van der Waals surface area contributed by atoms with Crippen LogP contribution in [0.1, 0.15) is 25.3 Å². The maximum absolute atomic E-state index is 9.94. The van der Waals surface area contributed by atoms with E-state index in [-0.39, 0.29) is 0 Å². The Morgan fingerprint density at radius 2 is 2.15 bits per heavy atom. The van der Waals surface area contributed by atoms with E-state index in [0.717, 1.165) is 25.2 Å². The van der Waals surface area contributed by atoms with E-state index in [4.69, 9.17) is 9.47 Å². The van der Waals surface area contributed by atoms with Crippen molar-refractivity contribution in [2.75, 3.05) is 19.8 Å². The molecule has 3 unspecified atom stereocenters. The van der Waals surface area contributed by atoms with Crippen molar-refractivity contribution < 1.29 is 14.6 Å². The van der Waals surface area contributed by atoms with Crippen molar-refractivity contribution in [2.24, 2.45) is 0 Å². The molecule has 2 N–H and O–H groups in total. The van der Waals surface area contributed by atoms with E-state index in [2.05, 4.69) is 12.2 Å². The molecule has 20 heavy (non-hydrogen) atoms. The number of nitrogens with one attached hydrogen (secondary N) is 1. The number of ether oxygens (including phenoxy) is 2. The zero-order valence-electron chi connectivity index (χ0n) is 12.3. The molecule has 1 saturated heterocycles. The van der Waals surface area contributed by atoms with Crippen molar-refractivity contribution in [2.45, 2.75) is 44.9 Å². The van der Waals surface area contributed by atoms with Crippen LogP contribution in [0.2, 0.25) is 0 Å². The van der Waals surface area contributed by atoms with Crippen molar-refractivity contribution in [1.29, 1.82) is 0 Å². The molecular weight excluding hydrogens is 254 g/mol. The first-order chi connectivity index (χ1) is 9.63. The second kappa shape index (κ2) is 7.62. The summed E-state index contributed by atoms with van der Waals surface area (Å²) in [6, 6.07) is 8.30. The third kappa shape index (κ3) is 5.12. The number of benzene rings is 1. The third-order valence-electron chi connectivity index (χ3n) is 3.59. The molecule has 0 aromatic heterocycles. The maximum atomic E-state index is 9.94. The lowest BCUT2D eigenvalue weighted by Crippen LogP contribution is -2.42. The van der Waals surface area contributed by atoms with Crippen LogP contribution in [-0.4, -0.2) is 43.1 Å². The van der Waals surface area contributed by atoms with Crippen LogP contribution in [0.15, 0.2) is 24.3 Å². The lowest BCUT2D eigenvalue weighted by molar-refractivity contribution is 0.00966. The van der Waals surface area contributed by atoms with Gasteiger partial charge in [-0.15, -0.1) is 0 Å². The Morgan fingerprint density at radius 1 is 1.40 bits per heavy atom. The fraction of sp³-hybridized carbons (Fsp3) is 0.625. The maximum Gasteiger partial charge on any atom is 0.119 e. The molecule has 0 aliphatic carbocycles. The first kappa shape index (κ1) is 15.3. The van der Waals surface area contributed by atoms with Gasteiger partial charge in [0.2, 0.25) is 0 Å². The van der Waals surface area contributed by atoms with Crippen LogP contribution < -0.4 is 10.1 Å². The molecular formula is C16H25NO3. The van der Waals surface area contributed by atoms with Crippen LogP contribution in [0.3, 0.4) is 0 Å². The average molecular weight is 279 g/mol. The topological polar surface area (TPSA) is 50.7 Å². The number of aliphatic hydroxyl groups excluding tert-OH is 1. The van der Waals surface area contributed by atoms with Crippen molar-refractivity contribution in [3.63, 3.8) is 0 Å². The van der Waals surface area contributed by atoms with Crippen molar-refractivity contribution >= 4 is 0 Å². The number of aliphatic hydroxyl groups is 1. The number of rotatable bonds is 6. The summed E-state index contributed by atoms with van der Waals surface area (Å²) in [4.78, 5) is 0. The Balaban J connectivity index is 1.65. The molecule has 1 heterocycles. The second-order valence-corrected chi connectivity index (χ2v) is 5.59. The molecule has 0 bridgehead atoms. The smallest absolute Gasteiger partial charge is 0.119 e. The molecule has 1 fully saturated rings. The molecule has 4 nitrogen and oxygen atoms in total. The highest BCUT2D eigenvalue weighted by Crippen LogP contribution is 2.13. The highest BCUT2D eigenvalue weighted by atomic mass is 16.5. The lowest BCUT2D eigenvalue weighted by atomic mass is 10.0. The SMILES string of the molecule is Cc1ccc(OCC(O)CNC2CCOC(C)C2)cc1. The summed E-state index contributed by atoms with van der Waals surface area (Å²) in [5.74, 6) is 0.800. The van der Waals surface area contributed by atoms with Gasteiger partial charge in [-0.3, -0.25) is 0 Å². The van der Waals surface area contributed by atoms with Crippen molar-refractivity contribution in [3.05, 3.63) is 29.8 Å². The summed E-state index contributed by atoms with van der Waals surface area (Å²) < 4.78 is 11.1. The van der Waals surface area contributed by atoms with Crippen molar-refractivity contribution in [3.8, 4) is 5.75 Å². The normalized spacial score (nSPS) is 24.4. The van der Waals surface area contributed by atoms with E-state index in [1.807, 2.05) is 31.2 Å². The van der Waals surface area contributed by atoms with E-state index in [0.29, 0.717) is 25.3 Å². The Bertz CT molecular complexity index is 393. The zero-order chi connectivity index (χ0) is 14.4. The fourth-order valence-electron chi connectivity index (χ4n) is 2.37. The van der Waals surface area contributed by atoms with E-state index >= 15 is 0 Å². The molecule has 1 aromatic carbocycles. The minimum Gasteiger partial charge on any atom is -0.491 e. The molecule has 0 saturated carbocycles. The van der Waals surface area contributed by atoms with Crippen LogP contribution in [0.4, 0.5) is 0 Å². The highest BCUT2D eigenvalue weighted by molar-refractivity contribution is 5.26. The molecule has 0 spiro atoms. The van der Waals surface area contributed by atoms with Crippen molar-refractivity contribution in [1.82, 2.24) is 5.32 Å². The number of aryl methyl sites for hydroxylation is 1. The highest BCUT2D eigenvalue weighted by Gasteiger charge is 2.19. The van der Waals surface area contributed by atoms with E-state index in [1.54, 1.807) is 0 Å². The summed E-state index contributed by atoms with van der Waals surface area (Å²) in [5.41, 5.74) is 1.20. The molecule has 0 radical (unpaired) electrons. The second-order valence-electron chi connectivity index (χ2n) is 5.59. The zero-order valence-corrected chi connectivity index (χ0v) is 12.3. The Kier molecular flexibility index (Phi) is 5.83. The van der Waals surface area contributed by atoms with E-state index in [9.17, 15) is 5.11 Å². The van der Waals surface area contributed by atoms with E-state index < -0.39 is 6.10 Å². The van der Waals surface area contributed by atoms with Gasteiger partial charge in [-0.1, -0.05) is 17.7 Å². The van der Waals surface area contributed by atoms with Gasteiger partial charge in [-0.2, -0.15) is 0 Å². The summed E-state index contributed by atoms with van der Waals surface area (Å²) in [5, 5.41) is 13.3. The lowest BCUT2D eigenvalue weighted by Gasteiger charge is -2.28. The monoisotopic (exact) mass is 279 g/mol. The van der Waals surface area contributed by atoms with Crippen LogP contribution in [0.25, 0.3) is 0 Å². The van der Waals surface area contributed by atoms with Gasteiger partial charge in [0.05, 0.1) is 6.10 Å². The largest absolute Gasteiger partial charge is 0.491 e. The predicted molar refractivity (Wildman–Crippen MR) is 79.1 cm³/mol. The summed E-state index contributed by atoms with van der Waals surface area (Å²) in [6.45, 7) is 5.80. The first-order valence-electron chi connectivity index (χ1n) is 7.36. The molecule has 2 rings (SSSR count). The van der Waals surface area contributed by atoms with Gasteiger partial charge < -0.3 is 19.9 Å². The minimum atomic E-state index is -0.491.